The van der Waals surface area contributed by atoms with Gasteiger partial charge in [-0.1, -0.05) is 36.4 Å². The zero-order valence-electron chi connectivity index (χ0n) is 20.6. The van der Waals surface area contributed by atoms with Crippen LogP contribution in [0.25, 0.3) is 0 Å². The lowest BCUT2D eigenvalue weighted by atomic mass is 10.2. The van der Waals surface area contributed by atoms with E-state index >= 15 is 0 Å². The molecule has 2 aromatic rings. The summed E-state index contributed by atoms with van der Waals surface area (Å²) in [7, 11) is 2.11. The van der Waals surface area contributed by atoms with Crippen LogP contribution in [0.15, 0.2) is 49.1 Å². The van der Waals surface area contributed by atoms with Gasteiger partial charge in [-0.15, -0.1) is 6.58 Å². The van der Waals surface area contributed by atoms with E-state index in [-0.39, 0.29) is 11.9 Å². The Hall–Kier alpha value is -3.01. The van der Waals surface area contributed by atoms with E-state index in [1.807, 2.05) is 30.3 Å². The van der Waals surface area contributed by atoms with Crippen LogP contribution in [-0.2, 0) is 11.3 Å². The molecule has 2 aliphatic rings. The van der Waals surface area contributed by atoms with Gasteiger partial charge in [0.25, 0.3) is 5.91 Å². The summed E-state index contributed by atoms with van der Waals surface area (Å²) < 4.78 is 11.6. The van der Waals surface area contributed by atoms with Crippen molar-refractivity contribution in [1.29, 1.82) is 0 Å². The van der Waals surface area contributed by atoms with Gasteiger partial charge in [0.2, 0.25) is 0 Å². The van der Waals surface area contributed by atoms with Gasteiger partial charge in [0, 0.05) is 44.8 Å². The van der Waals surface area contributed by atoms with Crippen LogP contribution in [0.3, 0.4) is 0 Å². The standard InChI is InChI=1S/C26H36N6O3/c1-3-16-34-20-31-12-14-32(15-13-31)24-17-23(25(33)27-18-21-8-5-4-6-9-21)28-26(29-24)35-19-22-10-7-11-30(22)2/h3-6,8-9,17,22H,1,7,10-16,18-20H2,2H3,(H,27,33)/t22-/m0/s1. The van der Waals surface area contributed by atoms with Crippen molar-refractivity contribution in [2.75, 3.05) is 64.6 Å². The Balaban J connectivity index is 1.44. The predicted octanol–water partition coefficient (Wildman–Crippen LogP) is 2.16. The van der Waals surface area contributed by atoms with Crippen molar-refractivity contribution in [3.05, 3.63) is 60.3 Å². The molecule has 188 valence electrons. The Kier molecular flexibility index (Phi) is 9.05. The number of aromatic nitrogens is 2. The van der Waals surface area contributed by atoms with Gasteiger partial charge in [-0.05, 0) is 32.0 Å². The van der Waals surface area contributed by atoms with E-state index in [0.29, 0.717) is 44.0 Å². The molecule has 1 aromatic heterocycles. The number of hydrogen-bond acceptors (Lipinski definition) is 8. The SMILES string of the molecule is C=CCOCN1CCN(c2cc(C(=O)NCc3ccccc3)nc(OC[C@@H]3CCCN3C)n2)CC1. The molecular weight excluding hydrogens is 444 g/mol. The quantitative estimate of drug-likeness (QED) is 0.387. The van der Waals surface area contributed by atoms with Crippen molar-refractivity contribution >= 4 is 11.7 Å². The molecule has 1 amide bonds. The van der Waals surface area contributed by atoms with Gasteiger partial charge in [-0.25, -0.2) is 0 Å². The fourth-order valence-electron chi connectivity index (χ4n) is 4.36. The van der Waals surface area contributed by atoms with Gasteiger partial charge in [0.05, 0.1) is 13.3 Å². The number of carbonyl (C=O) groups is 1. The summed E-state index contributed by atoms with van der Waals surface area (Å²) in [5.41, 5.74) is 1.35. The third-order valence-corrected chi connectivity index (χ3v) is 6.50. The van der Waals surface area contributed by atoms with Gasteiger partial charge >= 0.3 is 6.01 Å². The summed E-state index contributed by atoms with van der Waals surface area (Å²) in [6.07, 6.45) is 4.02. The molecule has 3 heterocycles. The predicted molar refractivity (Wildman–Crippen MR) is 136 cm³/mol. The number of carbonyl (C=O) groups excluding carboxylic acids is 1. The molecule has 1 atom stereocenters. The minimum absolute atomic E-state index is 0.239. The van der Waals surface area contributed by atoms with Gasteiger partial charge in [-0.2, -0.15) is 9.97 Å². The molecule has 1 aromatic carbocycles. The third-order valence-electron chi connectivity index (χ3n) is 6.50. The van der Waals surface area contributed by atoms with Crippen molar-refractivity contribution in [3.8, 4) is 6.01 Å². The molecule has 0 aliphatic carbocycles. The molecule has 0 unspecified atom stereocenters. The van der Waals surface area contributed by atoms with Crippen molar-refractivity contribution in [2.45, 2.75) is 25.4 Å². The van der Waals surface area contributed by atoms with Crippen molar-refractivity contribution < 1.29 is 14.3 Å². The number of likely N-dealkylation sites (N-methyl/N-ethyl adjacent to an activating group) is 1. The largest absolute Gasteiger partial charge is 0.462 e. The molecule has 9 heteroatoms. The number of anilines is 1. The van der Waals surface area contributed by atoms with E-state index in [1.54, 1.807) is 12.1 Å². The molecule has 2 fully saturated rings. The van der Waals surface area contributed by atoms with Crippen LogP contribution in [0.1, 0.15) is 28.9 Å². The first kappa shape index (κ1) is 25.1. The van der Waals surface area contributed by atoms with E-state index in [0.717, 1.165) is 44.7 Å². The first-order valence-electron chi connectivity index (χ1n) is 12.3. The first-order chi connectivity index (χ1) is 17.1. The van der Waals surface area contributed by atoms with E-state index in [4.69, 9.17) is 9.47 Å². The minimum atomic E-state index is -0.239. The van der Waals surface area contributed by atoms with E-state index in [2.05, 4.69) is 43.6 Å². The summed E-state index contributed by atoms with van der Waals surface area (Å²) in [4.78, 5) is 28.9. The molecule has 2 saturated heterocycles. The zero-order valence-corrected chi connectivity index (χ0v) is 20.6. The third kappa shape index (κ3) is 7.24. The van der Waals surface area contributed by atoms with Crippen LogP contribution in [0.4, 0.5) is 5.82 Å². The number of amides is 1. The smallest absolute Gasteiger partial charge is 0.319 e. The van der Waals surface area contributed by atoms with Crippen LogP contribution < -0.4 is 15.0 Å². The average Bonchev–Trinajstić information content (AvgIpc) is 3.31. The number of benzene rings is 1. The van der Waals surface area contributed by atoms with E-state index in [1.165, 1.54) is 6.42 Å². The average molecular weight is 481 g/mol. The van der Waals surface area contributed by atoms with Crippen molar-refractivity contribution in [2.24, 2.45) is 0 Å². The number of rotatable bonds is 11. The highest BCUT2D eigenvalue weighted by molar-refractivity contribution is 5.93. The van der Waals surface area contributed by atoms with Crippen molar-refractivity contribution in [3.63, 3.8) is 0 Å². The second-order valence-electron chi connectivity index (χ2n) is 9.04. The van der Waals surface area contributed by atoms with Crippen LogP contribution in [-0.4, -0.2) is 91.4 Å². The molecule has 2 aliphatic heterocycles. The van der Waals surface area contributed by atoms with E-state index < -0.39 is 0 Å². The number of hydrogen-bond donors (Lipinski definition) is 1. The lowest BCUT2D eigenvalue weighted by Gasteiger charge is -2.35. The zero-order chi connectivity index (χ0) is 24.5. The second kappa shape index (κ2) is 12.6. The maximum Gasteiger partial charge on any atom is 0.319 e. The summed E-state index contributed by atoms with van der Waals surface area (Å²) in [5, 5.41) is 2.97. The van der Waals surface area contributed by atoms with E-state index in [9.17, 15) is 4.79 Å². The number of nitrogens with one attached hydrogen (secondary N) is 1. The van der Waals surface area contributed by atoms with Crippen LogP contribution in [0, 0.1) is 0 Å². The molecule has 4 rings (SSSR count). The topological polar surface area (TPSA) is 83.1 Å². The molecule has 1 N–H and O–H groups in total. The molecule has 9 nitrogen and oxygen atoms in total. The normalized spacial score (nSPS) is 19.0. The van der Waals surface area contributed by atoms with Crippen LogP contribution in [0.2, 0.25) is 0 Å². The Morgan fingerprint density at radius 2 is 1.97 bits per heavy atom. The highest BCUT2D eigenvalue weighted by Gasteiger charge is 2.24. The van der Waals surface area contributed by atoms with Crippen LogP contribution >= 0.6 is 0 Å². The summed E-state index contributed by atoms with van der Waals surface area (Å²) in [6, 6.07) is 12.2. The number of ether oxygens (including phenoxy) is 2. The van der Waals surface area contributed by atoms with Gasteiger partial charge in [0.15, 0.2) is 0 Å². The van der Waals surface area contributed by atoms with Crippen molar-refractivity contribution in [1.82, 2.24) is 25.1 Å². The number of likely N-dealkylation sites (tertiary alicyclic amines) is 1. The molecule has 35 heavy (non-hydrogen) atoms. The van der Waals surface area contributed by atoms with Gasteiger partial charge in [-0.3, -0.25) is 9.69 Å². The second-order valence-corrected chi connectivity index (χ2v) is 9.04. The molecule has 0 saturated carbocycles. The Morgan fingerprint density at radius 1 is 1.17 bits per heavy atom. The fourth-order valence-corrected chi connectivity index (χ4v) is 4.36. The Morgan fingerprint density at radius 3 is 2.69 bits per heavy atom. The fraction of sp³-hybridized carbons (Fsp3) is 0.500. The molecule has 0 radical (unpaired) electrons. The Labute approximate surface area is 207 Å². The molecular formula is C26H36N6O3. The van der Waals surface area contributed by atoms with Crippen LogP contribution in [0.5, 0.6) is 6.01 Å². The Bertz CT molecular complexity index is 965. The van der Waals surface area contributed by atoms with Gasteiger partial charge < -0.3 is 24.6 Å². The lowest BCUT2D eigenvalue weighted by molar-refractivity contribution is 0.0405. The minimum Gasteiger partial charge on any atom is -0.462 e. The maximum absolute atomic E-state index is 13.0. The summed E-state index contributed by atoms with van der Waals surface area (Å²) in [6.45, 7) is 10.1. The lowest BCUT2D eigenvalue weighted by Crippen LogP contribution is -2.47. The van der Waals surface area contributed by atoms with Gasteiger partial charge in [0.1, 0.15) is 18.1 Å². The highest BCUT2D eigenvalue weighted by atomic mass is 16.5. The summed E-state index contributed by atoms with van der Waals surface area (Å²) in [5.74, 6) is 0.475. The summed E-state index contributed by atoms with van der Waals surface area (Å²) >= 11 is 0. The maximum atomic E-state index is 13.0. The molecule has 0 spiro atoms. The number of nitrogens with zero attached hydrogens (tertiary/aromatic N) is 5. The highest BCUT2D eigenvalue weighted by Crippen LogP contribution is 2.20. The molecule has 0 bridgehead atoms. The number of piperazine rings is 1. The first-order valence-corrected chi connectivity index (χ1v) is 12.3. The monoisotopic (exact) mass is 480 g/mol.